The Hall–Kier alpha value is -3.72. The molecule has 2 atom stereocenters. The van der Waals surface area contributed by atoms with Gasteiger partial charge in [-0.3, -0.25) is 13.9 Å². The van der Waals surface area contributed by atoms with Crippen molar-refractivity contribution in [3.05, 3.63) is 96.3 Å². The number of rotatable bonds is 12. The van der Waals surface area contributed by atoms with Crippen LogP contribution in [-0.2, 0) is 26.0 Å². The van der Waals surface area contributed by atoms with E-state index in [-0.39, 0.29) is 29.1 Å². The van der Waals surface area contributed by atoms with Crippen LogP contribution in [0, 0.1) is 5.82 Å². The number of halogens is 1. The van der Waals surface area contributed by atoms with Gasteiger partial charge in [-0.05, 0) is 68.7 Å². The lowest BCUT2D eigenvalue weighted by molar-refractivity contribution is -0.139. The van der Waals surface area contributed by atoms with E-state index < -0.39 is 34.3 Å². The molecule has 0 aliphatic rings. The Morgan fingerprint density at radius 3 is 2.05 bits per heavy atom. The number of benzene rings is 3. The molecule has 3 aromatic carbocycles. The summed E-state index contributed by atoms with van der Waals surface area (Å²) in [6, 6.07) is 21.3. The van der Waals surface area contributed by atoms with Crippen LogP contribution in [0.2, 0.25) is 0 Å². The van der Waals surface area contributed by atoms with Gasteiger partial charge in [-0.2, -0.15) is 0 Å². The molecule has 202 valence electrons. The van der Waals surface area contributed by atoms with Gasteiger partial charge in [-0.25, -0.2) is 12.8 Å². The molecule has 9 heteroatoms. The number of carbonyl (C=O) groups is 2. The van der Waals surface area contributed by atoms with Gasteiger partial charge in [0.05, 0.1) is 10.6 Å². The van der Waals surface area contributed by atoms with Gasteiger partial charge in [-0.1, -0.05) is 55.5 Å². The molecule has 7 nitrogen and oxygen atoms in total. The molecule has 0 spiro atoms. The molecule has 2 amide bonds. The van der Waals surface area contributed by atoms with E-state index in [2.05, 4.69) is 5.32 Å². The van der Waals surface area contributed by atoms with Crippen LogP contribution in [0.3, 0.4) is 0 Å². The smallest absolute Gasteiger partial charge is 0.264 e. The maximum Gasteiger partial charge on any atom is 0.264 e. The third kappa shape index (κ3) is 7.41. The van der Waals surface area contributed by atoms with E-state index >= 15 is 0 Å². The molecule has 0 bridgehead atoms. The van der Waals surface area contributed by atoms with Crippen LogP contribution in [0.4, 0.5) is 10.1 Å². The van der Waals surface area contributed by atoms with Gasteiger partial charge in [0.1, 0.15) is 18.4 Å². The summed E-state index contributed by atoms with van der Waals surface area (Å²) >= 11 is 0. The van der Waals surface area contributed by atoms with Crippen molar-refractivity contribution < 1.29 is 22.4 Å². The number of sulfonamides is 1. The fourth-order valence-electron chi connectivity index (χ4n) is 3.89. The highest BCUT2D eigenvalue weighted by Crippen LogP contribution is 2.24. The zero-order valence-corrected chi connectivity index (χ0v) is 22.7. The third-order valence-corrected chi connectivity index (χ3v) is 8.17. The van der Waals surface area contributed by atoms with Crippen molar-refractivity contribution in [2.45, 2.75) is 50.6 Å². The van der Waals surface area contributed by atoms with Gasteiger partial charge in [0, 0.05) is 12.6 Å². The minimum Gasteiger partial charge on any atom is -0.352 e. The van der Waals surface area contributed by atoms with Gasteiger partial charge in [0.2, 0.25) is 11.8 Å². The number of anilines is 1. The molecule has 38 heavy (non-hydrogen) atoms. The fourth-order valence-corrected chi connectivity index (χ4v) is 5.33. The zero-order chi connectivity index (χ0) is 27.7. The van der Waals surface area contributed by atoms with Crippen molar-refractivity contribution in [3.8, 4) is 0 Å². The normalized spacial score (nSPS) is 12.8. The summed E-state index contributed by atoms with van der Waals surface area (Å²) in [7, 11) is -4.17. The monoisotopic (exact) mass is 539 g/mol. The first-order chi connectivity index (χ1) is 18.1. The lowest BCUT2D eigenvalue weighted by atomic mass is 10.1. The second-order valence-electron chi connectivity index (χ2n) is 9.12. The van der Waals surface area contributed by atoms with Crippen LogP contribution in [0.5, 0.6) is 0 Å². The van der Waals surface area contributed by atoms with E-state index in [1.165, 1.54) is 29.2 Å². The van der Waals surface area contributed by atoms with Crippen LogP contribution < -0.4 is 9.62 Å². The topological polar surface area (TPSA) is 86.8 Å². The second-order valence-corrected chi connectivity index (χ2v) is 11.0. The number of nitrogens with one attached hydrogen (secondary N) is 1. The van der Waals surface area contributed by atoms with Gasteiger partial charge in [0.25, 0.3) is 10.0 Å². The highest BCUT2D eigenvalue weighted by molar-refractivity contribution is 7.92. The maximum atomic E-state index is 13.8. The summed E-state index contributed by atoms with van der Waals surface area (Å²) in [5.41, 5.74) is 1.12. The standard InChI is InChI=1S/C29H34FN3O4S/c1-4-22(2)31-29(35)23(3)32(20-19-24-11-7-5-8-12-24)28(34)21-33(26-17-15-25(30)16-18-26)38(36,37)27-13-9-6-10-14-27/h5-18,22-23H,4,19-21H2,1-3H3,(H,31,35)/t22-,23+/m0/s1. The van der Waals surface area contributed by atoms with Crippen molar-refractivity contribution in [1.29, 1.82) is 0 Å². The minimum absolute atomic E-state index is 0.00415. The van der Waals surface area contributed by atoms with E-state index in [9.17, 15) is 22.4 Å². The first-order valence-corrected chi connectivity index (χ1v) is 14.0. The average molecular weight is 540 g/mol. The SMILES string of the molecule is CC[C@H](C)NC(=O)[C@@H](C)N(CCc1ccccc1)C(=O)CN(c1ccc(F)cc1)S(=O)(=O)c1ccccc1. The number of amides is 2. The molecule has 0 radical (unpaired) electrons. The molecule has 1 N–H and O–H groups in total. The van der Waals surface area contributed by atoms with Crippen LogP contribution in [-0.4, -0.2) is 50.3 Å². The average Bonchev–Trinajstić information content (AvgIpc) is 2.93. The van der Waals surface area contributed by atoms with Crippen molar-refractivity contribution in [3.63, 3.8) is 0 Å². The molecule has 0 unspecified atom stereocenters. The third-order valence-electron chi connectivity index (χ3n) is 6.38. The predicted molar refractivity (Wildman–Crippen MR) is 147 cm³/mol. The van der Waals surface area contributed by atoms with Gasteiger partial charge in [0.15, 0.2) is 0 Å². The second kappa shape index (κ2) is 13.2. The molecule has 0 fully saturated rings. The molecule has 0 heterocycles. The van der Waals surface area contributed by atoms with E-state index in [1.54, 1.807) is 25.1 Å². The number of hydrogen-bond acceptors (Lipinski definition) is 4. The number of carbonyl (C=O) groups excluding carboxylic acids is 2. The largest absolute Gasteiger partial charge is 0.352 e. The Morgan fingerprint density at radius 2 is 1.47 bits per heavy atom. The Kier molecular flexibility index (Phi) is 10.0. The first kappa shape index (κ1) is 28.8. The van der Waals surface area contributed by atoms with Crippen LogP contribution in [0.15, 0.2) is 89.8 Å². The molecule has 0 aromatic heterocycles. The number of nitrogens with zero attached hydrogens (tertiary/aromatic N) is 2. The van der Waals surface area contributed by atoms with Crippen LogP contribution in [0.25, 0.3) is 0 Å². The maximum absolute atomic E-state index is 13.8. The van der Waals surface area contributed by atoms with E-state index in [4.69, 9.17) is 0 Å². The predicted octanol–water partition coefficient (Wildman–Crippen LogP) is 4.40. The summed E-state index contributed by atoms with van der Waals surface area (Å²) in [6.45, 7) is 5.11. The van der Waals surface area contributed by atoms with Crippen LogP contribution in [0.1, 0.15) is 32.8 Å². The summed E-state index contributed by atoms with van der Waals surface area (Å²) in [4.78, 5) is 28.2. The van der Waals surface area contributed by atoms with Gasteiger partial charge >= 0.3 is 0 Å². The Morgan fingerprint density at radius 1 is 0.895 bits per heavy atom. The van der Waals surface area contributed by atoms with Gasteiger partial charge < -0.3 is 10.2 Å². The zero-order valence-electron chi connectivity index (χ0n) is 21.9. The summed E-state index contributed by atoms with van der Waals surface area (Å²) < 4.78 is 41.9. The van der Waals surface area contributed by atoms with Crippen molar-refractivity contribution in [1.82, 2.24) is 10.2 Å². The minimum atomic E-state index is -4.17. The first-order valence-electron chi connectivity index (χ1n) is 12.6. The Bertz CT molecular complexity index is 1300. The molecule has 0 aliphatic heterocycles. The fraction of sp³-hybridized carbons (Fsp3) is 0.310. The summed E-state index contributed by atoms with van der Waals surface area (Å²) in [5.74, 6) is -1.39. The summed E-state index contributed by atoms with van der Waals surface area (Å²) in [6.07, 6.45) is 1.21. The Labute approximate surface area is 224 Å². The van der Waals surface area contributed by atoms with E-state index in [0.717, 1.165) is 28.4 Å². The molecular weight excluding hydrogens is 505 g/mol. The van der Waals surface area contributed by atoms with E-state index in [0.29, 0.717) is 6.42 Å². The molecule has 3 aromatic rings. The highest BCUT2D eigenvalue weighted by atomic mass is 32.2. The molecule has 3 rings (SSSR count). The van der Waals surface area contributed by atoms with Crippen molar-refractivity contribution >= 4 is 27.5 Å². The van der Waals surface area contributed by atoms with Crippen molar-refractivity contribution in [2.24, 2.45) is 0 Å². The lowest BCUT2D eigenvalue weighted by Gasteiger charge is -2.32. The quantitative estimate of drug-likeness (QED) is 0.370. The van der Waals surface area contributed by atoms with Crippen LogP contribution >= 0.6 is 0 Å². The van der Waals surface area contributed by atoms with E-state index in [1.807, 2.05) is 44.2 Å². The molecule has 0 aliphatic carbocycles. The molecule has 0 saturated heterocycles. The molecular formula is C29H34FN3O4S. The highest BCUT2D eigenvalue weighted by Gasteiger charge is 2.32. The number of hydrogen-bond donors (Lipinski definition) is 1. The lowest BCUT2D eigenvalue weighted by Crippen LogP contribution is -2.53. The Balaban J connectivity index is 1.95. The van der Waals surface area contributed by atoms with Crippen molar-refractivity contribution in [2.75, 3.05) is 17.4 Å². The molecule has 0 saturated carbocycles. The van der Waals surface area contributed by atoms with Gasteiger partial charge in [-0.15, -0.1) is 0 Å². The summed E-state index contributed by atoms with van der Waals surface area (Å²) in [5, 5.41) is 2.90.